The number of ketones is 1. The van der Waals surface area contributed by atoms with Gasteiger partial charge in [0.05, 0.1) is 0 Å². The minimum Gasteiger partial charge on any atom is -0.399 e. The molecule has 2 nitrogen and oxygen atoms in total. The highest BCUT2D eigenvalue weighted by Crippen LogP contribution is 2.06. The lowest BCUT2D eigenvalue weighted by molar-refractivity contribution is -0.118. The molecule has 0 aromatic heterocycles. The van der Waals surface area contributed by atoms with Crippen molar-refractivity contribution in [2.24, 2.45) is 5.92 Å². The molecular weight excluding hydrogens is 198 g/mol. The van der Waals surface area contributed by atoms with E-state index >= 15 is 0 Å². The number of para-hydroxylation sites is 1. The van der Waals surface area contributed by atoms with Gasteiger partial charge in [0.2, 0.25) is 0 Å². The Morgan fingerprint density at radius 3 is 2.00 bits per heavy atom. The van der Waals surface area contributed by atoms with Gasteiger partial charge in [-0.3, -0.25) is 4.79 Å². The third-order valence-electron chi connectivity index (χ3n) is 2.10. The number of nitrogens with two attached hydrogens (primary N) is 1. The summed E-state index contributed by atoms with van der Waals surface area (Å²) in [7, 11) is 0. The number of hydrogen-bond donors (Lipinski definition) is 1. The van der Waals surface area contributed by atoms with Crippen molar-refractivity contribution in [3.63, 3.8) is 0 Å². The first-order valence-corrected chi connectivity index (χ1v) is 5.51. The van der Waals surface area contributed by atoms with Gasteiger partial charge in [0, 0.05) is 11.6 Å². The topological polar surface area (TPSA) is 43.1 Å². The fraction of sp³-hybridized carbons (Fsp3) is 0.357. The summed E-state index contributed by atoms with van der Waals surface area (Å²) in [5, 5.41) is 0. The Morgan fingerprint density at radius 2 is 1.81 bits per heavy atom. The van der Waals surface area contributed by atoms with Gasteiger partial charge in [-0.25, -0.2) is 0 Å². The van der Waals surface area contributed by atoms with Gasteiger partial charge < -0.3 is 5.73 Å². The summed E-state index contributed by atoms with van der Waals surface area (Å²) in [4.78, 5) is 11.0. The van der Waals surface area contributed by atoms with Crippen LogP contribution in [-0.4, -0.2) is 5.78 Å². The average molecular weight is 219 g/mol. The van der Waals surface area contributed by atoms with Crippen LogP contribution in [0.3, 0.4) is 0 Å². The molecule has 0 saturated heterocycles. The zero-order valence-electron chi connectivity index (χ0n) is 10.4. The van der Waals surface area contributed by atoms with E-state index in [2.05, 4.69) is 6.58 Å². The van der Waals surface area contributed by atoms with Crippen molar-refractivity contribution in [3.8, 4) is 0 Å². The Kier molecular flexibility index (Phi) is 6.93. The molecule has 0 aliphatic heterocycles. The van der Waals surface area contributed by atoms with Crippen LogP contribution in [0.1, 0.15) is 27.2 Å². The summed E-state index contributed by atoms with van der Waals surface area (Å²) < 4.78 is 0. The number of carbonyl (C=O) groups is 1. The molecule has 0 aliphatic carbocycles. The molecule has 0 unspecified atom stereocenters. The van der Waals surface area contributed by atoms with Crippen molar-refractivity contribution < 1.29 is 4.79 Å². The average Bonchev–Trinajstić information content (AvgIpc) is 2.28. The Balaban J connectivity index is 0.000000288. The van der Waals surface area contributed by atoms with Crippen LogP contribution in [0.15, 0.2) is 42.5 Å². The molecule has 0 saturated carbocycles. The van der Waals surface area contributed by atoms with Gasteiger partial charge in [0.15, 0.2) is 5.78 Å². The van der Waals surface area contributed by atoms with Gasteiger partial charge in [0.1, 0.15) is 0 Å². The van der Waals surface area contributed by atoms with Crippen molar-refractivity contribution in [1.29, 1.82) is 0 Å². The second kappa shape index (κ2) is 7.69. The third-order valence-corrected chi connectivity index (χ3v) is 2.10. The van der Waals surface area contributed by atoms with E-state index in [1.807, 2.05) is 51.1 Å². The highest BCUT2D eigenvalue weighted by atomic mass is 16.1. The lowest BCUT2D eigenvalue weighted by Crippen LogP contribution is -2.08. The maximum atomic E-state index is 11.0. The van der Waals surface area contributed by atoms with Crippen LogP contribution in [0.5, 0.6) is 0 Å². The molecule has 2 N–H and O–H groups in total. The minimum absolute atomic E-state index is 0.109. The van der Waals surface area contributed by atoms with Crippen molar-refractivity contribution in [1.82, 2.24) is 0 Å². The first-order valence-electron chi connectivity index (χ1n) is 5.51. The Labute approximate surface area is 98.2 Å². The standard InChI is InChI=1S/C8H14O.C6H7N/c1-5-7(4)8(9)6(2)3;7-6-4-2-1-3-5-6/h6H,4-5H2,1-3H3;1-5H,7H2. The fourth-order valence-corrected chi connectivity index (χ4v) is 1.04. The number of anilines is 1. The number of nitrogen functional groups attached to an aromatic ring is 1. The van der Waals surface area contributed by atoms with E-state index in [-0.39, 0.29) is 11.7 Å². The summed E-state index contributed by atoms with van der Waals surface area (Å²) in [5.41, 5.74) is 6.92. The van der Waals surface area contributed by atoms with E-state index in [1.165, 1.54) is 0 Å². The smallest absolute Gasteiger partial charge is 0.160 e. The van der Waals surface area contributed by atoms with Gasteiger partial charge in [-0.05, 0) is 24.1 Å². The molecule has 0 amide bonds. The second-order valence-corrected chi connectivity index (χ2v) is 3.89. The number of Topliss-reactive ketones (excluding diaryl/α,β-unsaturated/α-hetero) is 1. The molecule has 0 spiro atoms. The zero-order chi connectivity index (χ0) is 12.6. The van der Waals surface area contributed by atoms with E-state index in [4.69, 9.17) is 5.73 Å². The van der Waals surface area contributed by atoms with Crippen molar-refractivity contribution >= 4 is 11.5 Å². The molecule has 2 heteroatoms. The molecule has 0 fully saturated rings. The van der Waals surface area contributed by atoms with E-state index in [1.54, 1.807) is 0 Å². The quantitative estimate of drug-likeness (QED) is 0.625. The highest BCUT2D eigenvalue weighted by Gasteiger charge is 2.08. The number of rotatable bonds is 3. The predicted molar refractivity (Wildman–Crippen MR) is 70.1 cm³/mol. The largest absolute Gasteiger partial charge is 0.399 e. The van der Waals surface area contributed by atoms with Crippen molar-refractivity contribution in [2.45, 2.75) is 27.2 Å². The van der Waals surface area contributed by atoms with Gasteiger partial charge in [-0.15, -0.1) is 0 Å². The van der Waals surface area contributed by atoms with Gasteiger partial charge in [-0.2, -0.15) is 0 Å². The second-order valence-electron chi connectivity index (χ2n) is 3.89. The van der Waals surface area contributed by atoms with Crippen LogP contribution in [0.4, 0.5) is 5.69 Å². The number of hydrogen-bond acceptors (Lipinski definition) is 2. The van der Waals surface area contributed by atoms with Gasteiger partial charge >= 0.3 is 0 Å². The third kappa shape index (κ3) is 6.02. The highest BCUT2D eigenvalue weighted by molar-refractivity contribution is 5.95. The normalized spacial score (nSPS) is 9.25. The lowest BCUT2D eigenvalue weighted by atomic mass is 10.0. The Bertz CT molecular complexity index is 328. The molecule has 1 aromatic rings. The predicted octanol–water partition coefficient (Wildman–Crippen LogP) is 3.45. The molecule has 0 bridgehead atoms. The molecule has 1 rings (SSSR count). The molecule has 0 aliphatic rings. The summed E-state index contributed by atoms with van der Waals surface area (Å²) in [6.07, 6.45) is 0.775. The molecule has 88 valence electrons. The Hall–Kier alpha value is -1.57. The Morgan fingerprint density at radius 1 is 1.31 bits per heavy atom. The summed E-state index contributed by atoms with van der Waals surface area (Å²) in [5.74, 6) is 0.301. The molecular formula is C14H21NO. The maximum absolute atomic E-state index is 11.0. The van der Waals surface area contributed by atoms with Crippen LogP contribution in [0.2, 0.25) is 0 Å². The number of carbonyl (C=O) groups excluding carboxylic acids is 1. The maximum Gasteiger partial charge on any atom is 0.160 e. The first kappa shape index (κ1) is 14.4. The van der Waals surface area contributed by atoms with Crippen molar-refractivity contribution in [3.05, 3.63) is 42.5 Å². The van der Waals surface area contributed by atoms with Crippen LogP contribution < -0.4 is 5.73 Å². The first-order chi connectivity index (χ1) is 7.49. The van der Waals surface area contributed by atoms with E-state index in [9.17, 15) is 4.79 Å². The van der Waals surface area contributed by atoms with Crippen LogP contribution in [0, 0.1) is 5.92 Å². The summed E-state index contributed by atoms with van der Waals surface area (Å²) in [6, 6.07) is 9.49. The van der Waals surface area contributed by atoms with Crippen LogP contribution >= 0.6 is 0 Å². The van der Waals surface area contributed by atoms with Crippen molar-refractivity contribution in [2.75, 3.05) is 5.73 Å². The monoisotopic (exact) mass is 219 g/mol. The van der Waals surface area contributed by atoms with Crippen LogP contribution in [-0.2, 0) is 4.79 Å². The molecule has 0 heterocycles. The minimum atomic E-state index is 0.109. The number of benzene rings is 1. The van der Waals surface area contributed by atoms with Crippen LogP contribution in [0.25, 0.3) is 0 Å². The lowest BCUT2D eigenvalue weighted by Gasteiger charge is -2.02. The van der Waals surface area contributed by atoms with E-state index in [0.29, 0.717) is 0 Å². The molecule has 16 heavy (non-hydrogen) atoms. The van der Waals surface area contributed by atoms with Gasteiger partial charge in [0.25, 0.3) is 0 Å². The SMILES string of the molecule is C=C(CC)C(=O)C(C)C.Nc1ccccc1. The van der Waals surface area contributed by atoms with E-state index in [0.717, 1.165) is 17.7 Å². The number of allylic oxidation sites excluding steroid dienone is 1. The molecule has 0 radical (unpaired) electrons. The fourth-order valence-electron chi connectivity index (χ4n) is 1.04. The van der Waals surface area contributed by atoms with Gasteiger partial charge in [-0.1, -0.05) is 45.5 Å². The summed E-state index contributed by atoms with van der Waals surface area (Å²) >= 11 is 0. The molecule has 1 aromatic carbocycles. The molecule has 0 atom stereocenters. The van der Waals surface area contributed by atoms with E-state index < -0.39 is 0 Å². The zero-order valence-corrected chi connectivity index (χ0v) is 10.4. The summed E-state index contributed by atoms with van der Waals surface area (Å²) in [6.45, 7) is 9.38.